The Labute approximate surface area is 85.5 Å². The number of anilines is 1. The lowest BCUT2D eigenvalue weighted by molar-refractivity contribution is 0.273. The number of nitrogens with zero attached hydrogens (tertiary/aromatic N) is 6. The van der Waals surface area contributed by atoms with Crippen molar-refractivity contribution >= 4 is 5.82 Å². The van der Waals surface area contributed by atoms with Gasteiger partial charge in [-0.3, -0.25) is 0 Å². The monoisotopic (exact) mass is 209 g/mol. The Balaban J connectivity index is 2.49. The number of aromatic amines is 1. The van der Waals surface area contributed by atoms with Crippen LogP contribution in [0.25, 0.3) is 5.82 Å². The van der Waals surface area contributed by atoms with Gasteiger partial charge in [-0.2, -0.15) is 9.90 Å². The van der Waals surface area contributed by atoms with E-state index in [9.17, 15) is 0 Å². The molecule has 0 aliphatic rings. The van der Waals surface area contributed by atoms with Crippen LogP contribution in [0.5, 0.6) is 0 Å². The molecule has 0 radical (unpaired) electrons. The fourth-order valence-electron chi connectivity index (χ4n) is 1.20. The molecule has 2 aromatic rings. The Hall–Kier alpha value is -1.96. The normalized spacial score (nSPS) is 10.6. The van der Waals surface area contributed by atoms with E-state index in [1.807, 2.05) is 14.1 Å². The van der Waals surface area contributed by atoms with Crippen LogP contribution in [-0.2, 0) is 6.61 Å². The topological polar surface area (TPSA) is 95.8 Å². The number of hydrogen-bond donors (Lipinski definition) is 2. The molecule has 0 bridgehead atoms. The summed E-state index contributed by atoms with van der Waals surface area (Å²) in [6.07, 6.45) is 1.48. The van der Waals surface area contributed by atoms with Crippen LogP contribution < -0.4 is 4.90 Å². The van der Waals surface area contributed by atoms with E-state index in [2.05, 4.69) is 25.7 Å². The number of rotatable bonds is 3. The van der Waals surface area contributed by atoms with E-state index < -0.39 is 0 Å². The van der Waals surface area contributed by atoms with Gasteiger partial charge in [-0.1, -0.05) is 5.21 Å². The maximum absolute atomic E-state index is 9.06. The van der Waals surface area contributed by atoms with Crippen LogP contribution in [0, 0.1) is 0 Å². The molecule has 0 unspecified atom stereocenters. The van der Waals surface area contributed by atoms with Crippen molar-refractivity contribution in [1.29, 1.82) is 0 Å². The average molecular weight is 209 g/mol. The van der Waals surface area contributed by atoms with E-state index in [4.69, 9.17) is 5.11 Å². The molecule has 15 heavy (non-hydrogen) atoms. The van der Waals surface area contributed by atoms with E-state index >= 15 is 0 Å². The first-order chi connectivity index (χ1) is 7.24. The van der Waals surface area contributed by atoms with Gasteiger partial charge in [-0.25, -0.2) is 0 Å². The van der Waals surface area contributed by atoms with Crippen molar-refractivity contribution in [2.45, 2.75) is 6.61 Å². The molecule has 0 saturated heterocycles. The van der Waals surface area contributed by atoms with Crippen LogP contribution in [0.2, 0.25) is 0 Å². The minimum Gasteiger partial charge on any atom is -0.390 e. The number of hydrogen-bond acceptors (Lipinski definition) is 6. The molecule has 80 valence electrons. The van der Waals surface area contributed by atoms with Crippen LogP contribution in [0.15, 0.2) is 6.20 Å². The highest BCUT2D eigenvalue weighted by molar-refractivity contribution is 5.50. The summed E-state index contributed by atoms with van der Waals surface area (Å²) >= 11 is 0. The lowest BCUT2D eigenvalue weighted by Gasteiger charge is -2.09. The molecular weight excluding hydrogens is 198 g/mol. The molecule has 0 aliphatic heterocycles. The van der Waals surface area contributed by atoms with E-state index in [1.165, 1.54) is 10.9 Å². The largest absolute Gasteiger partial charge is 0.390 e. The Morgan fingerprint density at radius 1 is 1.47 bits per heavy atom. The third-order valence-corrected chi connectivity index (χ3v) is 1.92. The van der Waals surface area contributed by atoms with Crippen molar-refractivity contribution in [3.63, 3.8) is 0 Å². The first kappa shape index (κ1) is 9.59. The molecule has 0 spiro atoms. The Kier molecular flexibility index (Phi) is 2.34. The summed E-state index contributed by atoms with van der Waals surface area (Å²) < 4.78 is 1.44. The molecule has 8 heteroatoms. The SMILES string of the molecule is CN(C)c1n[nH]nc1-n1nncc1CO. The second kappa shape index (κ2) is 3.65. The summed E-state index contributed by atoms with van der Waals surface area (Å²) in [4.78, 5) is 1.79. The van der Waals surface area contributed by atoms with Crippen LogP contribution in [-0.4, -0.2) is 49.6 Å². The van der Waals surface area contributed by atoms with Gasteiger partial charge in [0, 0.05) is 14.1 Å². The number of aliphatic hydroxyl groups excluding tert-OH is 1. The number of aromatic nitrogens is 6. The van der Waals surface area contributed by atoms with Crippen LogP contribution >= 0.6 is 0 Å². The quantitative estimate of drug-likeness (QED) is 0.669. The van der Waals surface area contributed by atoms with Gasteiger partial charge in [0.25, 0.3) is 0 Å². The molecule has 2 aromatic heterocycles. The highest BCUT2D eigenvalue weighted by Gasteiger charge is 2.15. The molecule has 0 atom stereocenters. The predicted molar refractivity (Wildman–Crippen MR) is 51.5 cm³/mol. The minimum atomic E-state index is -0.146. The van der Waals surface area contributed by atoms with E-state index in [-0.39, 0.29) is 6.61 Å². The van der Waals surface area contributed by atoms with Crippen molar-refractivity contribution in [3.8, 4) is 5.82 Å². The molecule has 2 N–H and O–H groups in total. The maximum atomic E-state index is 9.06. The van der Waals surface area contributed by atoms with Gasteiger partial charge >= 0.3 is 0 Å². The van der Waals surface area contributed by atoms with Gasteiger partial charge in [0.15, 0.2) is 5.82 Å². The standard InChI is InChI=1S/C7H11N7O/c1-13(2)6-7(10-11-9-6)14-5(4-15)3-8-12-14/h3,15H,4H2,1-2H3,(H,9,10,11). The van der Waals surface area contributed by atoms with Crippen molar-refractivity contribution in [1.82, 2.24) is 30.4 Å². The average Bonchev–Trinajstić information content (AvgIpc) is 2.85. The fourth-order valence-corrected chi connectivity index (χ4v) is 1.20. The van der Waals surface area contributed by atoms with E-state index in [0.29, 0.717) is 17.3 Å². The molecule has 0 aliphatic carbocycles. The first-order valence-corrected chi connectivity index (χ1v) is 4.33. The van der Waals surface area contributed by atoms with Crippen molar-refractivity contribution in [3.05, 3.63) is 11.9 Å². The van der Waals surface area contributed by atoms with Crippen LogP contribution in [0.3, 0.4) is 0 Å². The van der Waals surface area contributed by atoms with Gasteiger partial charge in [-0.05, 0) is 0 Å². The molecule has 0 fully saturated rings. The molecule has 2 rings (SSSR count). The predicted octanol–water partition coefficient (Wildman–Crippen LogP) is -1.06. The Morgan fingerprint density at radius 3 is 2.93 bits per heavy atom. The number of nitrogens with one attached hydrogen (secondary N) is 1. The lowest BCUT2D eigenvalue weighted by atomic mass is 10.5. The van der Waals surface area contributed by atoms with Crippen molar-refractivity contribution in [2.24, 2.45) is 0 Å². The third-order valence-electron chi connectivity index (χ3n) is 1.92. The molecule has 0 aromatic carbocycles. The van der Waals surface area contributed by atoms with E-state index in [1.54, 1.807) is 4.90 Å². The lowest BCUT2D eigenvalue weighted by Crippen LogP contribution is -2.14. The van der Waals surface area contributed by atoms with Gasteiger partial charge in [-0.15, -0.1) is 15.3 Å². The Bertz CT molecular complexity index is 446. The van der Waals surface area contributed by atoms with Gasteiger partial charge < -0.3 is 10.0 Å². The second-order valence-corrected chi connectivity index (χ2v) is 3.16. The summed E-state index contributed by atoms with van der Waals surface area (Å²) in [6.45, 7) is -0.146. The molecule has 8 nitrogen and oxygen atoms in total. The highest BCUT2D eigenvalue weighted by atomic mass is 16.3. The molecule has 0 saturated carbocycles. The molecule has 0 amide bonds. The smallest absolute Gasteiger partial charge is 0.221 e. The summed E-state index contributed by atoms with van der Waals surface area (Å²) in [5, 5.41) is 27.0. The van der Waals surface area contributed by atoms with Crippen LogP contribution in [0.1, 0.15) is 5.69 Å². The van der Waals surface area contributed by atoms with Crippen molar-refractivity contribution < 1.29 is 5.11 Å². The van der Waals surface area contributed by atoms with Gasteiger partial charge in [0.2, 0.25) is 5.82 Å². The zero-order valence-electron chi connectivity index (χ0n) is 8.41. The zero-order chi connectivity index (χ0) is 10.8. The van der Waals surface area contributed by atoms with Crippen molar-refractivity contribution in [2.75, 3.05) is 19.0 Å². The fraction of sp³-hybridized carbons (Fsp3) is 0.429. The maximum Gasteiger partial charge on any atom is 0.221 e. The van der Waals surface area contributed by atoms with Gasteiger partial charge in [0.1, 0.15) is 0 Å². The molecule has 2 heterocycles. The zero-order valence-corrected chi connectivity index (χ0v) is 8.41. The summed E-state index contributed by atoms with van der Waals surface area (Å²) in [5.41, 5.74) is 0.562. The van der Waals surface area contributed by atoms with Gasteiger partial charge in [0.05, 0.1) is 18.5 Å². The highest BCUT2D eigenvalue weighted by Crippen LogP contribution is 2.16. The van der Waals surface area contributed by atoms with E-state index in [0.717, 1.165) is 0 Å². The first-order valence-electron chi connectivity index (χ1n) is 4.33. The second-order valence-electron chi connectivity index (χ2n) is 3.16. The third kappa shape index (κ3) is 1.54. The summed E-state index contributed by atoms with van der Waals surface area (Å²) in [7, 11) is 3.69. The number of H-pyrrole nitrogens is 1. The minimum absolute atomic E-state index is 0.146. The number of aliphatic hydroxyl groups is 1. The Morgan fingerprint density at radius 2 is 2.27 bits per heavy atom. The van der Waals surface area contributed by atoms with Crippen LogP contribution in [0.4, 0.5) is 5.82 Å². The summed E-state index contributed by atoms with van der Waals surface area (Å²) in [6, 6.07) is 0. The molecular formula is C7H11N7O. The summed E-state index contributed by atoms with van der Waals surface area (Å²) in [5.74, 6) is 1.15.